The third-order valence-corrected chi connectivity index (χ3v) is 4.44. The number of hydrogen-bond acceptors (Lipinski definition) is 2. The van der Waals surface area contributed by atoms with E-state index in [4.69, 9.17) is 0 Å². The number of hydrogen-bond donors (Lipinski definition) is 1. The van der Waals surface area contributed by atoms with E-state index >= 15 is 0 Å². The van der Waals surface area contributed by atoms with Crippen LogP contribution in [-0.2, 0) is 9.59 Å². The largest absolute Gasteiger partial charge is 0.352 e. The molecule has 1 heterocycles. The molecule has 1 aliphatic heterocycles. The summed E-state index contributed by atoms with van der Waals surface area (Å²) in [5, 5.41) is 2.85. The van der Waals surface area contributed by atoms with Gasteiger partial charge in [0.05, 0.1) is 0 Å². The Labute approximate surface area is 148 Å². The van der Waals surface area contributed by atoms with Crippen molar-refractivity contribution in [1.82, 2.24) is 10.2 Å². The lowest BCUT2D eigenvalue weighted by Gasteiger charge is -2.34. The van der Waals surface area contributed by atoms with Crippen LogP contribution in [0, 0.1) is 13.8 Å². The number of piperazine rings is 1. The van der Waals surface area contributed by atoms with E-state index in [1.807, 2.05) is 62.4 Å². The number of amides is 2. The molecule has 1 aliphatic rings. The minimum absolute atomic E-state index is 0.134. The number of nitrogens with zero attached hydrogens (tertiary/aromatic N) is 1. The molecule has 0 aliphatic carbocycles. The Morgan fingerprint density at radius 2 is 1.92 bits per heavy atom. The van der Waals surface area contributed by atoms with E-state index in [9.17, 15) is 9.59 Å². The van der Waals surface area contributed by atoms with Crippen LogP contribution in [0.5, 0.6) is 0 Å². The molecule has 0 spiro atoms. The highest BCUT2D eigenvalue weighted by molar-refractivity contribution is 5.96. The molecule has 1 N–H and O–H groups in total. The molecule has 2 aromatic rings. The molecule has 0 bridgehead atoms. The highest BCUT2D eigenvalue weighted by atomic mass is 16.2. The van der Waals surface area contributed by atoms with Crippen molar-refractivity contribution in [1.29, 1.82) is 0 Å². The monoisotopic (exact) mass is 334 g/mol. The molecule has 1 unspecified atom stereocenters. The lowest BCUT2D eigenvalue weighted by molar-refractivity contribution is -0.140. The van der Waals surface area contributed by atoms with Crippen molar-refractivity contribution in [3.05, 3.63) is 76.9 Å². The first-order chi connectivity index (χ1) is 12.1. The second kappa shape index (κ2) is 7.34. The van der Waals surface area contributed by atoms with Crippen molar-refractivity contribution >= 4 is 17.9 Å². The van der Waals surface area contributed by atoms with Gasteiger partial charge in [0.25, 0.3) is 0 Å². The van der Waals surface area contributed by atoms with E-state index in [0.717, 1.165) is 16.7 Å². The Hall–Kier alpha value is -2.88. The molecule has 1 saturated heterocycles. The molecule has 2 amide bonds. The molecule has 1 fully saturated rings. The minimum Gasteiger partial charge on any atom is -0.352 e. The fourth-order valence-electron chi connectivity index (χ4n) is 3.14. The first kappa shape index (κ1) is 17.0. The number of carbonyl (C=O) groups excluding carboxylic acids is 2. The molecule has 128 valence electrons. The van der Waals surface area contributed by atoms with Crippen LogP contribution in [-0.4, -0.2) is 29.8 Å². The molecule has 2 aromatic carbocycles. The van der Waals surface area contributed by atoms with Crippen LogP contribution in [0.4, 0.5) is 0 Å². The average molecular weight is 334 g/mol. The summed E-state index contributed by atoms with van der Waals surface area (Å²) >= 11 is 0. The van der Waals surface area contributed by atoms with Gasteiger partial charge in [-0.05, 0) is 36.6 Å². The van der Waals surface area contributed by atoms with E-state index in [1.54, 1.807) is 11.0 Å². The molecule has 0 saturated carbocycles. The minimum atomic E-state index is -0.578. The van der Waals surface area contributed by atoms with Crippen LogP contribution in [0.1, 0.15) is 28.3 Å². The van der Waals surface area contributed by atoms with E-state index in [0.29, 0.717) is 13.1 Å². The number of aryl methyl sites for hydroxylation is 2. The Bertz CT molecular complexity index is 812. The van der Waals surface area contributed by atoms with Gasteiger partial charge in [-0.25, -0.2) is 0 Å². The van der Waals surface area contributed by atoms with Crippen LogP contribution in [0.3, 0.4) is 0 Å². The van der Waals surface area contributed by atoms with Gasteiger partial charge in [0.2, 0.25) is 11.8 Å². The summed E-state index contributed by atoms with van der Waals surface area (Å²) in [5.41, 5.74) is 4.16. The molecule has 0 aromatic heterocycles. The van der Waals surface area contributed by atoms with Crippen molar-refractivity contribution in [2.45, 2.75) is 19.9 Å². The molecular formula is C21H22N2O2. The zero-order valence-electron chi connectivity index (χ0n) is 14.5. The summed E-state index contributed by atoms with van der Waals surface area (Å²) in [6.07, 6.45) is 3.39. The number of carbonyl (C=O) groups is 2. The van der Waals surface area contributed by atoms with Crippen molar-refractivity contribution < 1.29 is 9.59 Å². The van der Waals surface area contributed by atoms with Gasteiger partial charge >= 0.3 is 0 Å². The SMILES string of the molecule is Cc1ccc(/C=C/C(=O)N2CCNC(=O)C2c2ccccc2)c(C)c1. The third-order valence-electron chi connectivity index (χ3n) is 4.44. The molecule has 1 atom stereocenters. The van der Waals surface area contributed by atoms with Crippen molar-refractivity contribution in [3.8, 4) is 0 Å². The summed E-state index contributed by atoms with van der Waals surface area (Å²) < 4.78 is 0. The van der Waals surface area contributed by atoms with Crippen LogP contribution < -0.4 is 5.32 Å². The first-order valence-corrected chi connectivity index (χ1v) is 8.45. The van der Waals surface area contributed by atoms with Gasteiger partial charge in [-0.2, -0.15) is 0 Å². The van der Waals surface area contributed by atoms with Gasteiger partial charge in [-0.1, -0.05) is 54.1 Å². The van der Waals surface area contributed by atoms with Gasteiger partial charge in [0, 0.05) is 19.2 Å². The van der Waals surface area contributed by atoms with Crippen molar-refractivity contribution in [2.75, 3.05) is 13.1 Å². The number of nitrogens with one attached hydrogen (secondary N) is 1. The quantitative estimate of drug-likeness (QED) is 0.877. The van der Waals surface area contributed by atoms with Gasteiger partial charge in [0.15, 0.2) is 0 Å². The summed E-state index contributed by atoms with van der Waals surface area (Å²) in [4.78, 5) is 26.7. The third kappa shape index (κ3) is 3.79. The highest BCUT2D eigenvalue weighted by Crippen LogP contribution is 2.23. The zero-order valence-corrected chi connectivity index (χ0v) is 14.5. The number of benzene rings is 2. The van der Waals surface area contributed by atoms with Crippen LogP contribution in [0.25, 0.3) is 6.08 Å². The second-order valence-electron chi connectivity index (χ2n) is 6.33. The summed E-state index contributed by atoms with van der Waals surface area (Å²) in [5.74, 6) is -0.283. The lowest BCUT2D eigenvalue weighted by Crippen LogP contribution is -2.51. The average Bonchev–Trinajstić information content (AvgIpc) is 2.61. The topological polar surface area (TPSA) is 49.4 Å². The molecular weight excluding hydrogens is 312 g/mol. The Balaban J connectivity index is 1.84. The van der Waals surface area contributed by atoms with E-state index in [2.05, 4.69) is 11.4 Å². The van der Waals surface area contributed by atoms with Crippen molar-refractivity contribution in [3.63, 3.8) is 0 Å². The second-order valence-corrected chi connectivity index (χ2v) is 6.33. The van der Waals surface area contributed by atoms with Gasteiger partial charge < -0.3 is 10.2 Å². The fraction of sp³-hybridized carbons (Fsp3) is 0.238. The molecule has 3 rings (SSSR count). The van der Waals surface area contributed by atoms with Crippen LogP contribution in [0.15, 0.2) is 54.6 Å². The predicted molar refractivity (Wildman–Crippen MR) is 98.9 cm³/mol. The predicted octanol–water partition coefficient (Wildman–Crippen LogP) is 3.02. The maximum Gasteiger partial charge on any atom is 0.247 e. The van der Waals surface area contributed by atoms with Gasteiger partial charge in [-0.3, -0.25) is 9.59 Å². The Morgan fingerprint density at radius 3 is 2.64 bits per heavy atom. The summed E-state index contributed by atoms with van der Waals surface area (Å²) in [6.45, 7) is 5.05. The zero-order chi connectivity index (χ0) is 17.8. The molecule has 4 heteroatoms. The fourth-order valence-corrected chi connectivity index (χ4v) is 3.14. The molecule has 4 nitrogen and oxygen atoms in total. The smallest absolute Gasteiger partial charge is 0.247 e. The van der Waals surface area contributed by atoms with Gasteiger partial charge in [0.1, 0.15) is 6.04 Å². The molecule has 0 radical (unpaired) electrons. The Morgan fingerprint density at radius 1 is 1.16 bits per heavy atom. The van der Waals surface area contributed by atoms with E-state index in [1.165, 1.54) is 5.56 Å². The lowest BCUT2D eigenvalue weighted by atomic mass is 10.0. The standard InChI is InChI=1S/C21H22N2O2/c1-15-8-9-17(16(2)14-15)10-11-19(24)23-13-12-22-21(25)20(23)18-6-4-3-5-7-18/h3-11,14,20H,12-13H2,1-2H3,(H,22,25)/b11-10+. The van der Waals surface area contributed by atoms with Gasteiger partial charge in [-0.15, -0.1) is 0 Å². The Kier molecular flexibility index (Phi) is 4.98. The van der Waals surface area contributed by atoms with Crippen LogP contribution in [0.2, 0.25) is 0 Å². The maximum absolute atomic E-state index is 12.7. The summed E-state index contributed by atoms with van der Waals surface area (Å²) in [6, 6.07) is 15.0. The maximum atomic E-state index is 12.7. The van der Waals surface area contributed by atoms with E-state index in [-0.39, 0.29) is 11.8 Å². The molecule has 25 heavy (non-hydrogen) atoms. The summed E-state index contributed by atoms with van der Waals surface area (Å²) in [7, 11) is 0. The first-order valence-electron chi connectivity index (χ1n) is 8.45. The van der Waals surface area contributed by atoms with Crippen molar-refractivity contribution in [2.24, 2.45) is 0 Å². The number of rotatable bonds is 3. The highest BCUT2D eigenvalue weighted by Gasteiger charge is 2.33. The van der Waals surface area contributed by atoms with E-state index < -0.39 is 6.04 Å². The van der Waals surface area contributed by atoms with Crippen LogP contribution >= 0.6 is 0 Å². The normalized spacial score (nSPS) is 17.6.